The molecule has 2 aliphatic heterocycles. The minimum Gasteiger partial charge on any atom is -0.488 e. The summed E-state index contributed by atoms with van der Waals surface area (Å²) in [6.45, 7) is 7.23. The minimum atomic E-state index is -0.585. The van der Waals surface area contributed by atoms with Gasteiger partial charge in [0.05, 0.1) is 18.4 Å². The van der Waals surface area contributed by atoms with Crippen molar-refractivity contribution >= 4 is 17.5 Å². The maximum absolute atomic E-state index is 14.8. The molecular formula is C25H28F2N6O. The largest absolute Gasteiger partial charge is 0.488 e. The fraction of sp³-hybridized carbons (Fsp3) is 0.400. The number of piperidine rings is 1. The Morgan fingerprint density at radius 3 is 2.68 bits per heavy atom. The van der Waals surface area contributed by atoms with Crippen molar-refractivity contribution in [2.45, 2.75) is 38.6 Å². The van der Waals surface area contributed by atoms with Crippen LogP contribution in [0.15, 0.2) is 36.5 Å². The molecule has 0 amide bonds. The van der Waals surface area contributed by atoms with Crippen molar-refractivity contribution in [2.24, 2.45) is 0 Å². The van der Waals surface area contributed by atoms with E-state index in [9.17, 15) is 8.78 Å². The molecule has 2 aliphatic rings. The van der Waals surface area contributed by atoms with Gasteiger partial charge in [-0.3, -0.25) is 0 Å². The molecule has 1 fully saturated rings. The van der Waals surface area contributed by atoms with Crippen LogP contribution in [0.2, 0.25) is 0 Å². The Morgan fingerprint density at radius 1 is 1.09 bits per heavy atom. The van der Waals surface area contributed by atoms with Gasteiger partial charge in [-0.1, -0.05) is 6.07 Å². The summed E-state index contributed by atoms with van der Waals surface area (Å²) in [7, 11) is 0. The van der Waals surface area contributed by atoms with Crippen molar-refractivity contribution in [1.82, 2.24) is 20.3 Å². The van der Waals surface area contributed by atoms with Crippen LogP contribution in [-0.4, -0.2) is 47.2 Å². The first-order valence-electron chi connectivity index (χ1n) is 11.7. The third-order valence-electron chi connectivity index (χ3n) is 6.35. The number of hydrogen-bond donors (Lipinski definition) is 2. The van der Waals surface area contributed by atoms with Crippen LogP contribution in [0.5, 0.6) is 5.75 Å². The van der Waals surface area contributed by atoms with Gasteiger partial charge < -0.3 is 20.3 Å². The highest BCUT2D eigenvalue weighted by Crippen LogP contribution is 2.34. The first-order valence-corrected chi connectivity index (χ1v) is 11.7. The molecule has 5 rings (SSSR count). The SMILES string of the molecule is CC(C)N1CCOc2ccc(-c3nc(Nc4ccc(C5CCNCC5)c(F)c4)ncc3F)nc21. The van der Waals surface area contributed by atoms with E-state index in [0.717, 1.165) is 37.7 Å². The zero-order chi connectivity index (χ0) is 23.7. The monoisotopic (exact) mass is 466 g/mol. The van der Waals surface area contributed by atoms with Crippen molar-refractivity contribution < 1.29 is 13.5 Å². The van der Waals surface area contributed by atoms with E-state index in [0.29, 0.717) is 36.1 Å². The molecular weight excluding hydrogens is 438 g/mol. The quantitative estimate of drug-likeness (QED) is 0.568. The molecule has 34 heavy (non-hydrogen) atoms. The summed E-state index contributed by atoms with van der Waals surface area (Å²) >= 11 is 0. The maximum atomic E-state index is 14.8. The highest BCUT2D eigenvalue weighted by molar-refractivity contribution is 5.65. The summed E-state index contributed by atoms with van der Waals surface area (Å²) in [5.74, 6) is 0.876. The van der Waals surface area contributed by atoms with Gasteiger partial charge in [0.1, 0.15) is 18.1 Å². The predicted molar refractivity (Wildman–Crippen MR) is 128 cm³/mol. The van der Waals surface area contributed by atoms with Crippen LogP contribution in [0.1, 0.15) is 38.2 Å². The van der Waals surface area contributed by atoms with Crippen molar-refractivity contribution in [3.63, 3.8) is 0 Å². The highest BCUT2D eigenvalue weighted by Gasteiger charge is 2.24. The van der Waals surface area contributed by atoms with Gasteiger partial charge in [-0.25, -0.2) is 23.7 Å². The zero-order valence-electron chi connectivity index (χ0n) is 19.3. The third-order valence-corrected chi connectivity index (χ3v) is 6.35. The van der Waals surface area contributed by atoms with Crippen LogP contribution in [0, 0.1) is 11.6 Å². The second-order valence-corrected chi connectivity index (χ2v) is 8.93. The van der Waals surface area contributed by atoms with Gasteiger partial charge >= 0.3 is 0 Å². The number of rotatable bonds is 5. The van der Waals surface area contributed by atoms with Gasteiger partial charge in [-0.2, -0.15) is 0 Å². The highest BCUT2D eigenvalue weighted by atomic mass is 19.1. The van der Waals surface area contributed by atoms with E-state index in [-0.39, 0.29) is 29.4 Å². The van der Waals surface area contributed by atoms with Crippen LogP contribution in [0.4, 0.5) is 26.2 Å². The lowest BCUT2D eigenvalue weighted by Crippen LogP contribution is -2.38. The van der Waals surface area contributed by atoms with Crippen LogP contribution >= 0.6 is 0 Å². The summed E-state index contributed by atoms with van der Waals surface area (Å²) in [6.07, 6.45) is 2.94. The molecule has 4 heterocycles. The van der Waals surface area contributed by atoms with E-state index in [4.69, 9.17) is 4.74 Å². The van der Waals surface area contributed by atoms with Crippen molar-refractivity contribution in [2.75, 3.05) is 36.5 Å². The van der Waals surface area contributed by atoms with Crippen LogP contribution in [0.3, 0.4) is 0 Å². The number of fused-ring (bicyclic) bond motifs is 1. The molecule has 2 N–H and O–H groups in total. The topological polar surface area (TPSA) is 75.2 Å². The predicted octanol–water partition coefficient (Wildman–Crippen LogP) is 4.63. The molecule has 0 spiro atoms. The van der Waals surface area contributed by atoms with E-state index in [2.05, 4.69) is 44.3 Å². The Bertz CT molecular complexity index is 1180. The Morgan fingerprint density at radius 2 is 1.91 bits per heavy atom. The number of aromatic nitrogens is 3. The second-order valence-electron chi connectivity index (χ2n) is 8.93. The van der Waals surface area contributed by atoms with Gasteiger partial charge in [-0.05, 0) is 75.5 Å². The number of pyridine rings is 1. The molecule has 9 heteroatoms. The van der Waals surface area contributed by atoms with E-state index < -0.39 is 5.82 Å². The fourth-order valence-corrected chi connectivity index (χ4v) is 4.55. The number of nitrogens with one attached hydrogen (secondary N) is 2. The lowest BCUT2D eigenvalue weighted by molar-refractivity contribution is 0.300. The van der Waals surface area contributed by atoms with Gasteiger partial charge in [0, 0.05) is 11.7 Å². The molecule has 0 bridgehead atoms. The fourth-order valence-electron chi connectivity index (χ4n) is 4.55. The van der Waals surface area contributed by atoms with Crippen LogP contribution in [0.25, 0.3) is 11.4 Å². The maximum Gasteiger partial charge on any atom is 0.227 e. The normalized spacial score (nSPS) is 16.3. The molecule has 2 aromatic heterocycles. The number of nitrogens with zero attached hydrogens (tertiary/aromatic N) is 4. The van der Waals surface area contributed by atoms with E-state index in [1.165, 1.54) is 6.07 Å². The first kappa shape index (κ1) is 22.5. The molecule has 7 nitrogen and oxygen atoms in total. The second kappa shape index (κ2) is 9.50. The summed E-state index contributed by atoms with van der Waals surface area (Å²) in [4.78, 5) is 15.2. The molecule has 0 unspecified atom stereocenters. The molecule has 0 aliphatic carbocycles. The molecule has 0 radical (unpaired) electrons. The first-order chi connectivity index (χ1) is 16.5. The summed E-state index contributed by atoms with van der Waals surface area (Å²) in [5.41, 5.74) is 1.68. The number of ether oxygens (including phenoxy) is 1. The minimum absolute atomic E-state index is 0.0707. The average molecular weight is 467 g/mol. The summed E-state index contributed by atoms with van der Waals surface area (Å²) in [6, 6.07) is 8.76. The average Bonchev–Trinajstić information content (AvgIpc) is 2.85. The molecule has 0 saturated carbocycles. The van der Waals surface area contributed by atoms with Crippen LogP contribution in [-0.2, 0) is 0 Å². The van der Waals surface area contributed by atoms with Crippen LogP contribution < -0.4 is 20.3 Å². The lowest BCUT2D eigenvalue weighted by atomic mass is 9.90. The van der Waals surface area contributed by atoms with Crippen molar-refractivity contribution in [3.05, 3.63) is 53.7 Å². The smallest absolute Gasteiger partial charge is 0.227 e. The van der Waals surface area contributed by atoms with Gasteiger partial charge in [0.2, 0.25) is 5.95 Å². The number of halogens is 2. The number of anilines is 3. The molecule has 178 valence electrons. The Labute approximate surface area is 197 Å². The van der Waals surface area contributed by atoms with Gasteiger partial charge in [-0.15, -0.1) is 0 Å². The van der Waals surface area contributed by atoms with E-state index in [1.807, 2.05) is 12.1 Å². The number of benzene rings is 1. The Hall–Kier alpha value is -3.33. The zero-order valence-corrected chi connectivity index (χ0v) is 19.3. The van der Waals surface area contributed by atoms with Gasteiger partial charge in [0.15, 0.2) is 17.4 Å². The number of hydrogen-bond acceptors (Lipinski definition) is 7. The standard InChI is InChI=1S/C25H28F2N6O/c1-15(2)33-11-12-34-22-6-5-21(31-24(22)33)23-20(27)14-29-25(32-23)30-17-3-4-18(19(26)13-17)16-7-9-28-10-8-16/h3-6,13-16,28H,7-12H2,1-2H3,(H,29,30,32). The third kappa shape index (κ3) is 4.52. The molecule has 1 saturated heterocycles. The van der Waals surface area contributed by atoms with Crippen molar-refractivity contribution in [3.8, 4) is 17.1 Å². The van der Waals surface area contributed by atoms with Crippen molar-refractivity contribution in [1.29, 1.82) is 0 Å². The van der Waals surface area contributed by atoms with Gasteiger partial charge in [0.25, 0.3) is 0 Å². The molecule has 1 aromatic carbocycles. The summed E-state index contributed by atoms with van der Waals surface area (Å²) < 4.78 is 35.2. The summed E-state index contributed by atoms with van der Waals surface area (Å²) in [5, 5.41) is 6.30. The lowest BCUT2D eigenvalue weighted by Gasteiger charge is -2.33. The molecule has 3 aromatic rings. The van der Waals surface area contributed by atoms with E-state index >= 15 is 0 Å². The molecule has 0 atom stereocenters. The van der Waals surface area contributed by atoms with E-state index in [1.54, 1.807) is 12.1 Å². The Balaban J connectivity index is 1.41. The Kier molecular flexibility index (Phi) is 6.28.